The second-order valence-corrected chi connectivity index (χ2v) is 4.35. The summed E-state index contributed by atoms with van der Waals surface area (Å²) in [6.07, 6.45) is 1.68. The fourth-order valence-corrected chi connectivity index (χ4v) is 2.23. The van der Waals surface area contributed by atoms with E-state index in [9.17, 15) is 9.59 Å². The molecule has 0 bridgehead atoms. The quantitative estimate of drug-likeness (QED) is 0.796. The zero-order chi connectivity index (χ0) is 13.1. The van der Waals surface area contributed by atoms with E-state index in [1.807, 2.05) is 4.90 Å². The normalized spacial score (nSPS) is 19.9. The number of carbonyl (C=O) groups is 2. The number of amides is 1. The average molecular weight is 249 g/mol. The highest BCUT2D eigenvalue weighted by atomic mass is 16.4. The number of carboxylic acids is 1. The van der Waals surface area contributed by atoms with Crippen LogP contribution in [0.25, 0.3) is 0 Å². The van der Waals surface area contributed by atoms with E-state index in [1.165, 1.54) is 6.07 Å². The first-order valence-corrected chi connectivity index (χ1v) is 5.80. The van der Waals surface area contributed by atoms with Gasteiger partial charge in [0.2, 0.25) is 5.91 Å². The molecule has 1 fully saturated rings. The Morgan fingerprint density at radius 2 is 2.28 bits per heavy atom. The number of aromatic carboxylic acids is 1. The summed E-state index contributed by atoms with van der Waals surface area (Å²) in [6, 6.07) is 4.59. The van der Waals surface area contributed by atoms with Crippen molar-refractivity contribution in [1.82, 2.24) is 9.88 Å². The van der Waals surface area contributed by atoms with Gasteiger partial charge in [0.05, 0.1) is 11.7 Å². The SMILES string of the molecule is NC(=O)C1CCCN1Cc1cccc(C(=O)O)n1. The van der Waals surface area contributed by atoms with Gasteiger partial charge in [-0.2, -0.15) is 0 Å². The molecule has 0 saturated carbocycles. The van der Waals surface area contributed by atoms with Crippen LogP contribution in [0.2, 0.25) is 0 Å². The molecule has 1 aliphatic heterocycles. The van der Waals surface area contributed by atoms with Crippen molar-refractivity contribution in [3.05, 3.63) is 29.6 Å². The Hall–Kier alpha value is -1.95. The molecule has 1 aromatic rings. The number of hydrogen-bond acceptors (Lipinski definition) is 4. The highest BCUT2D eigenvalue weighted by Gasteiger charge is 2.29. The molecular weight excluding hydrogens is 234 g/mol. The zero-order valence-corrected chi connectivity index (χ0v) is 9.87. The van der Waals surface area contributed by atoms with Gasteiger partial charge in [0.25, 0.3) is 0 Å². The van der Waals surface area contributed by atoms with Gasteiger partial charge in [0.15, 0.2) is 0 Å². The molecule has 0 aromatic carbocycles. The molecule has 1 aliphatic rings. The van der Waals surface area contributed by atoms with Gasteiger partial charge in [0.1, 0.15) is 5.69 Å². The van der Waals surface area contributed by atoms with E-state index < -0.39 is 5.97 Å². The van der Waals surface area contributed by atoms with E-state index in [4.69, 9.17) is 10.8 Å². The maximum absolute atomic E-state index is 11.2. The highest BCUT2D eigenvalue weighted by molar-refractivity contribution is 5.85. The lowest BCUT2D eigenvalue weighted by Gasteiger charge is -2.21. The van der Waals surface area contributed by atoms with E-state index in [2.05, 4.69) is 4.98 Å². The van der Waals surface area contributed by atoms with Crippen molar-refractivity contribution in [1.29, 1.82) is 0 Å². The number of carbonyl (C=O) groups excluding carboxylic acids is 1. The fourth-order valence-electron chi connectivity index (χ4n) is 2.23. The van der Waals surface area contributed by atoms with Crippen molar-refractivity contribution in [2.45, 2.75) is 25.4 Å². The number of carboxylic acid groups (broad SMARTS) is 1. The van der Waals surface area contributed by atoms with Crippen molar-refractivity contribution in [2.75, 3.05) is 6.54 Å². The van der Waals surface area contributed by atoms with E-state index >= 15 is 0 Å². The molecule has 1 atom stereocenters. The predicted octanol–water partition coefficient (Wildman–Crippen LogP) is 0.229. The molecule has 1 saturated heterocycles. The Morgan fingerprint density at radius 3 is 2.94 bits per heavy atom. The lowest BCUT2D eigenvalue weighted by molar-refractivity contribution is -0.122. The average Bonchev–Trinajstić information content (AvgIpc) is 2.77. The highest BCUT2D eigenvalue weighted by Crippen LogP contribution is 2.19. The van der Waals surface area contributed by atoms with Gasteiger partial charge in [-0.3, -0.25) is 9.69 Å². The number of hydrogen-bond donors (Lipinski definition) is 2. The molecule has 6 nitrogen and oxygen atoms in total. The van der Waals surface area contributed by atoms with E-state index in [0.29, 0.717) is 12.2 Å². The molecule has 96 valence electrons. The van der Waals surface area contributed by atoms with E-state index in [0.717, 1.165) is 19.4 Å². The van der Waals surface area contributed by atoms with Crippen molar-refractivity contribution in [3.63, 3.8) is 0 Å². The summed E-state index contributed by atoms with van der Waals surface area (Å²) in [4.78, 5) is 28.0. The van der Waals surface area contributed by atoms with Crippen LogP contribution in [0.5, 0.6) is 0 Å². The molecule has 3 N–H and O–H groups in total. The lowest BCUT2D eigenvalue weighted by Crippen LogP contribution is -2.39. The third kappa shape index (κ3) is 2.65. The molecular formula is C12H15N3O3. The van der Waals surface area contributed by atoms with Crippen LogP contribution in [0.15, 0.2) is 18.2 Å². The van der Waals surface area contributed by atoms with Crippen LogP contribution < -0.4 is 5.73 Å². The number of aromatic nitrogens is 1. The van der Waals surface area contributed by atoms with Gasteiger partial charge in [-0.05, 0) is 31.5 Å². The van der Waals surface area contributed by atoms with Gasteiger partial charge in [-0.1, -0.05) is 6.07 Å². The van der Waals surface area contributed by atoms with Crippen LogP contribution in [0.1, 0.15) is 29.0 Å². The van der Waals surface area contributed by atoms with Crippen LogP contribution >= 0.6 is 0 Å². The second-order valence-electron chi connectivity index (χ2n) is 4.35. The van der Waals surface area contributed by atoms with Gasteiger partial charge < -0.3 is 10.8 Å². The number of nitrogens with zero attached hydrogens (tertiary/aromatic N) is 2. The third-order valence-electron chi connectivity index (χ3n) is 3.08. The van der Waals surface area contributed by atoms with Crippen molar-refractivity contribution in [2.24, 2.45) is 5.73 Å². The van der Waals surface area contributed by atoms with Gasteiger partial charge in [0, 0.05) is 6.54 Å². The van der Waals surface area contributed by atoms with Crippen LogP contribution in [0, 0.1) is 0 Å². The van der Waals surface area contributed by atoms with Crippen molar-refractivity contribution < 1.29 is 14.7 Å². The number of rotatable bonds is 4. The molecule has 2 rings (SSSR count). The third-order valence-corrected chi connectivity index (χ3v) is 3.08. The summed E-state index contributed by atoms with van der Waals surface area (Å²) in [5.41, 5.74) is 5.98. The van der Waals surface area contributed by atoms with Crippen LogP contribution in [-0.2, 0) is 11.3 Å². The smallest absolute Gasteiger partial charge is 0.354 e. The largest absolute Gasteiger partial charge is 0.477 e. The Morgan fingerprint density at radius 1 is 1.50 bits per heavy atom. The summed E-state index contributed by atoms with van der Waals surface area (Å²) in [6.45, 7) is 1.24. The topological polar surface area (TPSA) is 96.5 Å². The standard InChI is InChI=1S/C12H15N3O3/c13-11(16)10-5-2-6-15(10)7-8-3-1-4-9(14-8)12(17)18/h1,3-4,10H,2,5-7H2,(H2,13,16)(H,17,18). The number of nitrogens with two attached hydrogens (primary N) is 1. The zero-order valence-electron chi connectivity index (χ0n) is 9.87. The monoisotopic (exact) mass is 249 g/mol. The van der Waals surface area contributed by atoms with Crippen LogP contribution in [0.4, 0.5) is 0 Å². The summed E-state index contributed by atoms with van der Waals surface area (Å²) < 4.78 is 0. The first-order valence-electron chi connectivity index (χ1n) is 5.80. The molecule has 0 aliphatic carbocycles. The summed E-state index contributed by atoms with van der Waals surface area (Å²) >= 11 is 0. The lowest BCUT2D eigenvalue weighted by atomic mass is 10.2. The Balaban J connectivity index is 2.11. The molecule has 1 unspecified atom stereocenters. The minimum Gasteiger partial charge on any atom is -0.477 e. The first kappa shape index (κ1) is 12.5. The Labute approximate surface area is 104 Å². The maximum Gasteiger partial charge on any atom is 0.354 e. The number of pyridine rings is 1. The minimum atomic E-state index is -1.05. The van der Waals surface area contributed by atoms with Crippen molar-refractivity contribution >= 4 is 11.9 Å². The molecule has 6 heteroatoms. The summed E-state index contributed by atoms with van der Waals surface area (Å²) in [5.74, 6) is -1.38. The van der Waals surface area contributed by atoms with E-state index in [1.54, 1.807) is 12.1 Å². The first-order chi connectivity index (χ1) is 8.58. The Bertz CT molecular complexity index is 475. The molecule has 0 spiro atoms. The van der Waals surface area contributed by atoms with Crippen LogP contribution in [0.3, 0.4) is 0 Å². The minimum absolute atomic E-state index is 0.0160. The Kier molecular flexibility index (Phi) is 3.57. The number of likely N-dealkylation sites (tertiary alicyclic amines) is 1. The predicted molar refractivity (Wildman–Crippen MR) is 63.8 cm³/mol. The van der Waals surface area contributed by atoms with Gasteiger partial charge in [-0.25, -0.2) is 9.78 Å². The van der Waals surface area contributed by atoms with Gasteiger partial charge in [-0.15, -0.1) is 0 Å². The van der Waals surface area contributed by atoms with Crippen molar-refractivity contribution in [3.8, 4) is 0 Å². The van der Waals surface area contributed by atoms with E-state index in [-0.39, 0.29) is 17.6 Å². The molecule has 1 aromatic heterocycles. The summed E-state index contributed by atoms with van der Waals surface area (Å²) in [7, 11) is 0. The van der Waals surface area contributed by atoms with Crippen LogP contribution in [-0.4, -0.2) is 39.5 Å². The summed E-state index contributed by atoms with van der Waals surface area (Å²) in [5, 5.41) is 8.86. The number of primary amides is 1. The molecule has 18 heavy (non-hydrogen) atoms. The second kappa shape index (κ2) is 5.14. The molecule has 1 amide bonds. The van der Waals surface area contributed by atoms with Gasteiger partial charge >= 0.3 is 5.97 Å². The molecule has 0 radical (unpaired) electrons. The fraction of sp³-hybridized carbons (Fsp3) is 0.417. The molecule has 2 heterocycles. The maximum atomic E-state index is 11.2.